The normalized spacial score (nSPS) is 10.6. The van der Waals surface area contributed by atoms with E-state index in [1.807, 2.05) is 19.3 Å². The van der Waals surface area contributed by atoms with Crippen molar-refractivity contribution in [3.8, 4) is 16.3 Å². The van der Waals surface area contributed by atoms with E-state index < -0.39 is 0 Å². The van der Waals surface area contributed by atoms with Gasteiger partial charge in [0.2, 0.25) is 0 Å². The van der Waals surface area contributed by atoms with Crippen LogP contribution in [-0.4, -0.2) is 17.1 Å². The number of aromatic hydroxyl groups is 1. The minimum atomic E-state index is 0.0948. The molecular weight excluding hydrogens is 244 g/mol. The maximum absolute atomic E-state index is 9.32. The van der Waals surface area contributed by atoms with E-state index >= 15 is 0 Å². The summed E-state index contributed by atoms with van der Waals surface area (Å²) in [6, 6.07) is 5.11. The molecule has 0 aliphatic carbocycles. The molecule has 84 valence electrons. The molecule has 2 N–H and O–H groups in total. The molecule has 0 fully saturated rings. The largest absolute Gasteiger partial charge is 0.506 e. The van der Waals surface area contributed by atoms with Crippen molar-refractivity contribution < 1.29 is 5.11 Å². The molecular formula is C11H11ClN2OS. The highest BCUT2D eigenvalue weighted by atomic mass is 35.5. The van der Waals surface area contributed by atoms with Crippen LogP contribution in [0.2, 0.25) is 5.02 Å². The number of phenols is 1. The summed E-state index contributed by atoms with van der Waals surface area (Å²) in [5, 5.41) is 13.7. The Kier molecular flexibility index (Phi) is 3.43. The number of hydrogen-bond donors (Lipinski definition) is 2. The zero-order valence-corrected chi connectivity index (χ0v) is 10.3. The molecule has 0 saturated heterocycles. The van der Waals surface area contributed by atoms with Gasteiger partial charge in [-0.15, -0.1) is 11.3 Å². The molecule has 0 spiro atoms. The lowest BCUT2D eigenvalue weighted by Crippen LogP contribution is -2.02. The SMILES string of the molecule is CNCc1cnc(-c2ccc(O)c(Cl)c2)s1. The molecule has 0 amide bonds. The Morgan fingerprint density at radius 2 is 2.31 bits per heavy atom. The fourth-order valence-corrected chi connectivity index (χ4v) is 2.44. The lowest BCUT2D eigenvalue weighted by molar-refractivity contribution is 0.475. The highest BCUT2D eigenvalue weighted by Gasteiger charge is 2.06. The molecule has 0 saturated carbocycles. The summed E-state index contributed by atoms with van der Waals surface area (Å²) in [4.78, 5) is 5.48. The van der Waals surface area contributed by atoms with Crippen molar-refractivity contribution in [1.82, 2.24) is 10.3 Å². The minimum Gasteiger partial charge on any atom is -0.506 e. The zero-order valence-electron chi connectivity index (χ0n) is 8.70. The molecule has 0 unspecified atom stereocenters. The van der Waals surface area contributed by atoms with Crippen molar-refractivity contribution in [2.45, 2.75) is 6.54 Å². The van der Waals surface area contributed by atoms with E-state index in [0.717, 1.165) is 17.1 Å². The number of halogens is 1. The lowest BCUT2D eigenvalue weighted by Gasteiger charge is -1.99. The molecule has 1 aromatic carbocycles. The first kappa shape index (κ1) is 11.4. The predicted octanol–water partition coefficient (Wildman–Crippen LogP) is 2.89. The molecule has 5 heteroatoms. The van der Waals surface area contributed by atoms with Gasteiger partial charge in [-0.2, -0.15) is 0 Å². The summed E-state index contributed by atoms with van der Waals surface area (Å²) in [5.74, 6) is 0.0948. The Morgan fingerprint density at radius 3 is 3.00 bits per heavy atom. The van der Waals surface area contributed by atoms with Gasteiger partial charge in [-0.05, 0) is 25.2 Å². The van der Waals surface area contributed by atoms with E-state index in [1.165, 1.54) is 4.88 Å². The zero-order chi connectivity index (χ0) is 11.5. The minimum absolute atomic E-state index is 0.0948. The van der Waals surface area contributed by atoms with Crippen LogP contribution in [0.4, 0.5) is 0 Å². The van der Waals surface area contributed by atoms with Gasteiger partial charge in [0.05, 0.1) is 5.02 Å². The molecule has 0 radical (unpaired) electrons. The number of thiazole rings is 1. The Labute approximate surface area is 103 Å². The second-order valence-electron chi connectivity index (χ2n) is 3.33. The quantitative estimate of drug-likeness (QED) is 0.885. The van der Waals surface area contributed by atoms with Crippen molar-refractivity contribution in [3.05, 3.63) is 34.3 Å². The molecule has 2 aromatic rings. The molecule has 2 rings (SSSR count). The van der Waals surface area contributed by atoms with Gasteiger partial charge in [0.1, 0.15) is 10.8 Å². The fraction of sp³-hybridized carbons (Fsp3) is 0.182. The molecule has 3 nitrogen and oxygen atoms in total. The van der Waals surface area contributed by atoms with Crippen LogP contribution < -0.4 is 5.32 Å². The number of benzene rings is 1. The highest BCUT2D eigenvalue weighted by Crippen LogP contribution is 2.31. The van der Waals surface area contributed by atoms with Gasteiger partial charge in [0.25, 0.3) is 0 Å². The molecule has 0 aliphatic heterocycles. The number of phenolic OH excluding ortho intramolecular Hbond substituents is 1. The van der Waals surface area contributed by atoms with Crippen molar-refractivity contribution in [2.75, 3.05) is 7.05 Å². The maximum Gasteiger partial charge on any atom is 0.134 e. The third-order valence-corrected chi connectivity index (χ3v) is 3.45. The molecule has 0 atom stereocenters. The van der Waals surface area contributed by atoms with E-state index in [4.69, 9.17) is 11.6 Å². The Morgan fingerprint density at radius 1 is 1.50 bits per heavy atom. The van der Waals surface area contributed by atoms with Crippen LogP contribution in [0.1, 0.15) is 4.88 Å². The Balaban J connectivity index is 2.31. The number of hydrogen-bond acceptors (Lipinski definition) is 4. The number of nitrogens with zero attached hydrogens (tertiary/aromatic N) is 1. The third kappa shape index (κ3) is 2.35. The van der Waals surface area contributed by atoms with Gasteiger partial charge < -0.3 is 10.4 Å². The smallest absolute Gasteiger partial charge is 0.134 e. The van der Waals surface area contributed by atoms with Crippen LogP contribution >= 0.6 is 22.9 Å². The summed E-state index contributed by atoms with van der Waals surface area (Å²) in [6.45, 7) is 0.809. The van der Waals surface area contributed by atoms with Gasteiger partial charge in [0.15, 0.2) is 0 Å². The van der Waals surface area contributed by atoms with Crippen molar-refractivity contribution in [2.24, 2.45) is 0 Å². The van der Waals surface area contributed by atoms with Crippen LogP contribution in [0, 0.1) is 0 Å². The first-order chi connectivity index (χ1) is 7.70. The summed E-state index contributed by atoms with van der Waals surface area (Å²) < 4.78 is 0. The van der Waals surface area contributed by atoms with Gasteiger partial charge in [-0.1, -0.05) is 11.6 Å². The second-order valence-corrected chi connectivity index (χ2v) is 4.85. The van der Waals surface area contributed by atoms with Gasteiger partial charge in [-0.3, -0.25) is 0 Å². The standard InChI is InChI=1S/C11H11ClN2OS/c1-13-5-8-6-14-11(16-8)7-2-3-10(15)9(12)4-7/h2-4,6,13,15H,5H2,1H3. The third-order valence-electron chi connectivity index (χ3n) is 2.10. The number of aromatic nitrogens is 1. The van der Waals surface area contributed by atoms with Crippen molar-refractivity contribution in [1.29, 1.82) is 0 Å². The first-order valence-electron chi connectivity index (χ1n) is 4.79. The molecule has 1 heterocycles. The van der Waals surface area contributed by atoms with Crippen molar-refractivity contribution in [3.63, 3.8) is 0 Å². The second kappa shape index (κ2) is 4.82. The first-order valence-corrected chi connectivity index (χ1v) is 5.98. The van der Waals surface area contributed by atoms with Crippen LogP contribution in [0.15, 0.2) is 24.4 Å². The topological polar surface area (TPSA) is 45.2 Å². The van der Waals surface area contributed by atoms with Crippen LogP contribution in [0.25, 0.3) is 10.6 Å². The summed E-state index contributed by atoms with van der Waals surface area (Å²) in [5.41, 5.74) is 0.926. The number of rotatable bonds is 3. The van der Waals surface area contributed by atoms with E-state index in [-0.39, 0.29) is 5.75 Å². The Hall–Kier alpha value is -1.10. The lowest BCUT2D eigenvalue weighted by atomic mass is 10.2. The van der Waals surface area contributed by atoms with E-state index in [2.05, 4.69) is 10.3 Å². The van der Waals surface area contributed by atoms with Gasteiger partial charge >= 0.3 is 0 Å². The van der Waals surface area contributed by atoms with Crippen LogP contribution in [0.5, 0.6) is 5.75 Å². The van der Waals surface area contributed by atoms with Crippen LogP contribution in [0.3, 0.4) is 0 Å². The highest BCUT2D eigenvalue weighted by molar-refractivity contribution is 7.15. The van der Waals surface area contributed by atoms with Crippen LogP contribution in [-0.2, 0) is 6.54 Å². The average Bonchev–Trinajstić information content (AvgIpc) is 2.71. The fourth-order valence-electron chi connectivity index (χ4n) is 1.34. The van der Waals surface area contributed by atoms with E-state index in [1.54, 1.807) is 23.5 Å². The predicted molar refractivity (Wildman–Crippen MR) is 67.0 cm³/mol. The summed E-state index contributed by atoms with van der Waals surface area (Å²) >= 11 is 7.46. The molecule has 16 heavy (non-hydrogen) atoms. The summed E-state index contributed by atoms with van der Waals surface area (Å²) in [6.07, 6.45) is 1.84. The van der Waals surface area contributed by atoms with Crippen molar-refractivity contribution >= 4 is 22.9 Å². The van der Waals surface area contributed by atoms with E-state index in [0.29, 0.717) is 5.02 Å². The summed E-state index contributed by atoms with van der Waals surface area (Å²) in [7, 11) is 1.90. The van der Waals surface area contributed by atoms with Gasteiger partial charge in [-0.25, -0.2) is 4.98 Å². The molecule has 0 aliphatic rings. The molecule has 1 aromatic heterocycles. The average molecular weight is 255 g/mol. The number of nitrogens with one attached hydrogen (secondary N) is 1. The van der Waals surface area contributed by atoms with E-state index in [9.17, 15) is 5.11 Å². The maximum atomic E-state index is 9.32. The molecule has 0 bridgehead atoms. The monoisotopic (exact) mass is 254 g/mol. The van der Waals surface area contributed by atoms with Gasteiger partial charge in [0, 0.05) is 23.2 Å². The Bertz CT molecular complexity index is 498.